The molecule has 1 heterocycles. The summed E-state index contributed by atoms with van der Waals surface area (Å²) in [6.45, 7) is 6.78. The van der Waals surface area contributed by atoms with E-state index < -0.39 is 5.97 Å². The third-order valence-corrected chi connectivity index (χ3v) is 4.67. The first-order valence-corrected chi connectivity index (χ1v) is 7.98. The van der Waals surface area contributed by atoms with Gasteiger partial charge in [0, 0.05) is 5.92 Å². The molecule has 2 rings (SSSR count). The second-order valence-electron chi connectivity index (χ2n) is 6.72. The molecule has 0 aromatic carbocycles. The molecule has 0 aliphatic heterocycles. The van der Waals surface area contributed by atoms with Crippen LogP contribution in [0.25, 0.3) is 0 Å². The zero-order valence-corrected chi connectivity index (χ0v) is 13.5. The van der Waals surface area contributed by atoms with Gasteiger partial charge in [0.1, 0.15) is 5.76 Å². The van der Waals surface area contributed by atoms with Crippen molar-refractivity contribution in [3.63, 3.8) is 0 Å². The molecule has 1 aliphatic carbocycles. The highest BCUT2D eigenvalue weighted by atomic mass is 16.4. The summed E-state index contributed by atoms with van der Waals surface area (Å²) in [6, 6.07) is 3.00. The molecule has 1 aliphatic rings. The Kier molecular flexibility index (Phi) is 5.27. The lowest BCUT2D eigenvalue weighted by Gasteiger charge is -2.36. The standard InChI is InChI=1S/C17H25NO4/c1-10(2)13-6-4-11(3)8-14(13)16(19)18-9-12-5-7-15(22-12)17(20)21/h5,7,10-11,13-14H,4,6,8-9H2,1-3H3,(H,18,19)(H,20,21)/t11-,13+,14-/m1/s1. The van der Waals surface area contributed by atoms with Crippen molar-refractivity contribution < 1.29 is 19.1 Å². The van der Waals surface area contributed by atoms with Crippen LogP contribution in [-0.4, -0.2) is 17.0 Å². The van der Waals surface area contributed by atoms with E-state index >= 15 is 0 Å². The van der Waals surface area contributed by atoms with Crippen molar-refractivity contribution in [2.45, 2.75) is 46.6 Å². The number of rotatable bonds is 5. The van der Waals surface area contributed by atoms with Crippen LogP contribution in [0.3, 0.4) is 0 Å². The number of carboxylic acid groups (broad SMARTS) is 1. The fourth-order valence-electron chi connectivity index (χ4n) is 3.40. The quantitative estimate of drug-likeness (QED) is 0.874. The lowest BCUT2D eigenvalue weighted by atomic mass is 9.70. The SMILES string of the molecule is CC(C)[C@@H]1CC[C@@H](C)C[C@H]1C(=O)NCc1ccc(C(=O)O)o1. The van der Waals surface area contributed by atoms with Crippen LogP contribution in [0.2, 0.25) is 0 Å². The van der Waals surface area contributed by atoms with E-state index in [4.69, 9.17) is 9.52 Å². The molecule has 0 unspecified atom stereocenters. The van der Waals surface area contributed by atoms with E-state index in [0.29, 0.717) is 23.5 Å². The molecule has 1 saturated carbocycles. The van der Waals surface area contributed by atoms with Crippen LogP contribution in [0.15, 0.2) is 16.5 Å². The Labute approximate surface area is 131 Å². The van der Waals surface area contributed by atoms with Crippen molar-refractivity contribution in [2.24, 2.45) is 23.7 Å². The van der Waals surface area contributed by atoms with Gasteiger partial charge in [-0.15, -0.1) is 0 Å². The van der Waals surface area contributed by atoms with Gasteiger partial charge in [0.05, 0.1) is 6.54 Å². The maximum Gasteiger partial charge on any atom is 0.371 e. The summed E-state index contributed by atoms with van der Waals surface area (Å²) in [4.78, 5) is 23.3. The minimum Gasteiger partial charge on any atom is -0.475 e. The third-order valence-electron chi connectivity index (χ3n) is 4.67. The first-order chi connectivity index (χ1) is 10.4. The van der Waals surface area contributed by atoms with Gasteiger partial charge in [-0.05, 0) is 42.7 Å². The summed E-state index contributed by atoms with van der Waals surface area (Å²) < 4.78 is 5.16. The second-order valence-corrected chi connectivity index (χ2v) is 6.72. The molecule has 1 aromatic rings. The zero-order valence-electron chi connectivity index (χ0n) is 13.5. The number of furan rings is 1. The maximum atomic E-state index is 12.5. The van der Waals surface area contributed by atoms with Gasteiger partial charge >= 0.3 is 5.97 Å². The molecule has 1 fully saturated rings. The fourth-order valence-corrected chi connectivity index (χ4v) is 3.40. The number of carbonyl (C=O) groups excluding carboxylic acids is 1. The van der Waals surface area contributed by atoms with Crippen LogP contribution in [0, 0.1) is 23.7 Å². The molecular weight excluding hydrogens is 282 g/mol. The van der Waals surface area contributed by atoms with Crippen molar-refractivity contribution in [3.8, 4) is 0 Å². The Bertz CT molecular complexity index is 535. The normalized spacial score (nSPS) is 25.2. The van der Waals surface area contributed by atoms with E-state index in [1.54, 1.807) is 6.07 Å². The van der Waals surface area contributed by atoms with Gasteiger partial charge in [0.2, 0.25) is 11.7 Å². The van der Waals surface area contributed by atoms with Crippen LogP contribution in [0.1, 0.15) is 56.3 Å². The Balaban J connectivity index is 1.95. The summed E-state index contributed by atoms with van der Waals surface area (Å²) in [5.41, 5.74) is 0. The van der Waals surface area contributed by atoms with Gasteiger partial charge in [0.15, 0.2) is 0 Å². The van der Waals surface area contributed by atoms with Gasteiger partial charge in [0.25, 0.3) is 0 Å². The topological polar surface area (TPSA) is 79.5 Å². The van der Waals surface area contributed by atoms with E-state index in [-0.39, 0.29) is 24.1 Å². The average molecular weight is 307 g/mol. The number of hydrogen-bond donors (Lipinski definition) is 2. The maximum absolute atomic E-state index is 12.5. The van der Waals surface area contributed by atoms with E-state index in [1.807, 2.05) is 0 Å². The Morgan fingerprint density at radius 3 is 2.68 bits per heavy atom. The molecule has 0 saturated heterocycles. The zero-order chi connectivity index (χ0) is 16.3. The van der Waals surface area contributed by atoms with Gasteiger partial charge in [-0.3, -0.25) is 4.79 Å². The summed E-state index contributed by atoms with van der Waals surface area (Å²) >= 11 is 0. The van der Waals surface area contributed by atoms with E-state index in [9.17, 15) is 9.59 Å². The highest BCUT2D eigenvalue weighted by Gasteiger charge is 2.35. The Morgan fingerprint density at radius 1 is 1.36 bits per heavy atom. The minimum atomic E-state index is -1.10. The van der Waals surface area contributed by atoms with Gasteiger partial charge in [-0.1, -0.05) is 27.2 Å². The van der Waals surface area contributed by atoms with E-state index in [2.05, 4.69) is 26.1 Å². The van der Waals surface area contributed by atoms with Crippen LogP contribution in [0.5, 0.6) is 0 Å². The summed E-state index contributed by atoms with van der Waals surface area (Å²) in [5, 5.41) is 11.7. The van der Waals surface area contributed by atoms with Crippen molar-refractivity contribution in [1.29, 1.82) is 0 Å². The van der Waals surface area contributed by atoms with Crippen LogP contribution >= 0.6 is 0 Å². The predicted octanol–water partition coefficient (Wildman–Crippen LogP) is 3.30. The number of amides is 1. The van der Waals surface area contributed by atoms with Gasteiger partial charge < -0.3 is 14.8 Å². The molecule has 5 heteroatoms. The molecule has 3 atom stereocenters. The highest BCUT2D eigenvalue weighted by Crippen LogP contribution is 2.38. The first-order valence-electron chi connectivity index (χ1n) is 7.98. The monoisotopic (exact) mass is 307 g/mol. The smallest absolute Gasteiger partial charge is 0.371 e. The van der Waals surface area contributed by atoms with Crippen LogP contribution in [-0.2, 0) is 11.3 Å². The first kappa shape index (κ1) is 16.6. The average Bonchev–Trinajstić information content (AvgIpc) is 2.93. The lowest BCUT2D eigenvalue weighted by molar-refractivity contribution is -0.129. The van der Waals surface area contributed by atoms with Crippen molar-refractivity contribution >= 4 is 11.9 Å². The Morgan fingerprint density at radius 2 is 2.09 bits per heavy atom. The molecule has 2 N–H and O–H groups in total. The summed E-state index contributed by atoms with van der Waals surface area (Å²) in [6.07, 6.45) is 3.21. The molecule has 1 amide bonds. The number of carbonyl (C=O) groups is 2. The number of nitrogens with one attached hydrogen (secondary N) is 1. The van der Waals surface area contributed by atoms with Gasteiger partial charge in [-0.2, -0.15) is 0 Å². The summed E-state index contributed by atoms with van der Waals surface area (Å²) in [5.74, 6) is 0.849. The predicted molar refractivity (Wildman–Crippen MR) is 82.3 cm³/mol. The number of hydrogen-bond acceptors (Lipinski definition) is 3. The molecule has 5 nitrogen and oxygen atoms in total. The van der Waals surface area contributed by atoms with Crippen molar-refractivity contribution in [1.82, 2.24) is 5.32 Å². The van der Waals surface area contributed by atoms with E-state index in [1.165, 1.54) is 12.5 Å². The van der Waals surface area contributed by atoms with Crippen molar-refractivity contribution in [2.75, 3.05) is 0 Å². The van der Waals surface area contributed by atoms with Gasteiger partial charge in [-0.25, -0.2) is 4.79 Å². The molecule has 122 valence electrons. The molecular formula is C17H25NO4. The Hall–Kier alpha value is -1.78. The van der Waals surface area contributed by atoms with E-state index in [0.717, 1.165) is 12.8 Å². The fraction of sp³-hybridized carbons (Fsp3) is 0.647. The summed E-state index contributed by atoms with van der Waals surface area (Å²) in [7, 11) is 0. The molecule has 0 radical (unpaired) electrons. The minimum absolute atomic E-state index is 0.0395. The second kappa shape index (κ2) is 6.99. The number of aromatic carboxylic acids is 1. The lowest BCUT2D eigenvalue weighted by Crippen LogP contribution is -2.39. The molecule has 22 heavy (non-hydrogen) atoms. The largest absolute Gasteiger partial charge is 0.475 e. The third kappa shape index (κ3) is 3.90. The molecule has 0 spiro atoms. The molecule has 0 bridgehead atoms. The highest BCUT2D eigenvalue weighted by molar-refractivity contribution is 5.84. The molecule has 1 aromatic heterocycles. The van der Waals surface area contributed by atoms with Crippen LogP contribution < -0.4 is 5.32 Å². The van der Waals surface area contributed by atoms with Crippen molar-refractivity contribution in [3.05, 3.63) is 23.7 Å². The van der Waals surface area contributed by atoms with Crippen LogP contribution in [0.4, 0.5) is 0 Å². The number of carboxylic acids is 1.